The number of aliphatic imine (C=N–C) groups is 1. The molecule has 148 valence electrons. The molecule has 0 heterocycles. The van der Waals surface area contributed by atoms with Crippen molar-refractivity contribution < 1.29 is 9.84 Å². The number of rotatable bonds is 8. The van der Waals surface area contributed by atoms with E-state index >= 15 is 0 Å². The van der Waals surface area contributed by atoms with E-state index in [1.54, 1.807) is 6.21 Å². The Balaban J connectivity index is 1.90. The number of phenolic OH excluding ortho intramolecular Hbond substituents is 1. The number of phenols is 1. The maximum absolute atomic E-state index is 11.0. The Morgan fingerprint density at radius 3 is 2.45 bits per heavy atom. The third kappa shape index (κ3) is 4.75. The van der Waals surface area contributed by atoms with Gasteiger partial charge in [-0.2, -0.15) is 0 Å². The molecule has 29 heavy (non-hydrogen) atoms. The van der Waals surface area contributed by atoms with Crippen molar-refractivity contribution in [3.05, 3.63) is 102 Å². The van der Waals surface area contributed by atoms with Gasteiger partial charge in [0.25, 0.3) is 0 Å². The third-order valence-corrected chi connectivity index (χ3v) is 5.02. The van der Waals surface area contributed by atoms with Crippen molar-refractivity contribution in [1.29, 1.82) is 0 Å². The zero-order valence-corrected chi connectivity index (χ0v) is 17.0. The molecule has 0 atom stereocenters. The van der Waals surface area contributed by atoms with E-state index in [2.05, 4.69) is 37.6 Å². The second-order valence-corrected chi connectivity index (χ2v) is 7.39. The summed E-state index contributed by atoms with van der Waals surface area (Å²) in [6, 6.07) is 23.6. The molecule has 0 aliphatic heterocycles. The monoisotopic (exact) mass is 385 g/mol. The first-order valence-electron chi connectivity index (χ1n) is 9.79. The van der Waals surface area contributed by atoms with E-state index in [9.17, 15) is 5.11 Å². The highest BCUT2D eigenvalue weighted by molar-refractivity contribution is 5.87. The summed E-state index contributed by atoms with van der Waals surface area (Å²) in [6.45, 7) is 8.49. The summed E-state index contributed by atoms with van der Waals surface area (Å²) in [5.41, 5.74) is 3.07. The van der Waals surface area contributed by atoms with Crippen molar-refractivity contribution in [3.8, 4) is 11.5 Å². The molecule has 3 heteroatoms. The molecule has 0 unspecified atom stereocenters. The molecule has 0 saturated carbocycles. The molecule has 0 amide bonds. The van der Waals surface area contributed by atoms with Gasteiger partial charge < -0.3 is 9.84 Å². The Labute approximate surface area is 173 Å². The first-order valence-corrected chi connectivity index (χ1v) is 9.79. The van der Waals surface area contributed by atoms with Crippen molar-refractivity contribution in [2.45, 2.75) is 25.7 Å². The molecule has 0 saturated heterocycles. The van der Waals surface area contributed by atoms with Gasteiger partial charge in [-0.25, -0.2) is 0 Å². The van der Waals surface area contributed by atoms with Crippen molar-refractivity contribution in [1.82, 2.24) is 0 Å². The molecule has 0 radical (unpaired) electrons. The highest BCUT2D eigenvalue weighted by Gasteiger charge is 2.26. The Hall–Kier alpha value is -3.33. The molecule has 1 N–H and O–H groups in total. The van der Waals surface area contributed by atoms with Crippen LogP contribution < -0.4 is 4.74 Å². The maximum Gasteiger partial charge on any atom is 0.144 e. The lowest BCUT2D eigenvalue weighted by molar-refractivity contribution is 0.326. The summed E-state index contributed by atoms with van der Waals surface area (Å²) >= 11 is 0. The molecule has 3 aromatic rings. The van der Waals surface area contributed by atoms with E-state index in [0.717, 1.165) is 23.2 Å². The van der Waals surface area contributed by atoms with Crippen LogP contribution in [-0.4, -0.2) is 17.9 Å². The van der Waals surface area contributed by atoms with Crippen LogP contribution in [0, 0.1) is 0 Å². The van der Waals surface area contributed by atoms with E-state index in [-0.39, 0.29) is 11.2 Å². The minimum Gasteiger partial charge on any atom is -0.507 e. The van der Waals surface area contributed by atoms with Gasteiger partial charge in [-0.05, 0) is 30.2 Å². The van der Waals surface area contributed by atoms with Crippen molar-refractivity contribution in [2.75, 3.05) is 6.61 Å². The van der Waals surface area contributed by atoms with Crippen molar-refractivity contribution in [2.24, 2.45) is 4.99 Å². The highest BCUT2D eigenvalue weighted by Crippen LogP contribution is 2.38. The second-order valence-electron chi connectivity index (χ2n) is 7.39. The molecule has 0 fully saturated rings. The zero-order valence-electron chi connectivity index (χ0n) is 17.0. The first-order chi connectivity index (χ1) is 14.0. The summed E-state index contributed by atoms with van der Waals surface area (Å²) in [4.78, 5) is 4.58. The molecule has 0 aliphatic rings. The predicted octanol–water partition coefficient (Wildman–Crippen LogP) is 6.42. The van der Waals surface area contributed by atoms with Crippen LogP contribution in [0.5, 0.6) is 11.5 Å². The van der Waals surface area contributed by atoms with E-state index in [4.69, 9.17) is 4.74 Å². The quantitative estimate of drug-likeness (QED) is 0.276. The number of aromatic hydroxyl groups is 1. The topological polar surface area (TPSA) is 41.8 Å². The predicted molar refractivity (Wildman–Crippen MR) is 121 cm³/mol. The fourth-order valence-corrected chi connectivity index (χ4v) is 3.26. The fourth-order valence-electron chi connectivity index (χ4n) is 3.26. The molecular weight excluding hydrogens is 358 g/mol. The average molecular weight is 386 g/mol. The lowest BCUT2D eigenvalue weighted by atomic mass is 9.77. The number of ether oxygens (including phenoxy) is 1. The maximum atomic E-state index is 11.0. The SMILES string of the molecule is C=CCCOc1ccccc1N=Cc1cccc(C(C)(C)c2ccccc2)c1O. The van der Waals surface area contributed by atoms with Crippen LogP contribution in [0.2, 0.25) is 0 Å². The normalized spacial score (nSPS) is 11.5. The average Bonchev–Trinajstić information content (AvgIpc) is 2.74. The molecule has 0 bridgehead atoms. The minimum atomic E-state index is -0.332. The summed E-state index contributed by atoms with van der Waals surface area (Å²) in [5, 5.41) is 11.0. The van der Waals surface area contributed by atoms with Crippen molar-refractivity contribution >= 4 is 11.9 Å². The summed E-state index contributed by atoms with van der Waals surface area (Å²) in [7, 11) is 0. The molecule has 3 aromatic carbocycles. The van der Waals surface area contributed by atoms with Crippen LogP contribution in [0.25, 0.3) is 0 Å². The number of hydrogen-bond donors (Lipinski definition) is 1. The van der Waals surface area contributed by atoms with Gasteiger partial charge in [0.05, 0.1) is 6.61 Å². The lowest BCUT2D eigenvalue weighted by Crippen LogP contribution is -2.19. The first kappa shape index (κ1) is 20.4. The van der Waals surface area contributed by atoms with Gasteiger partial charge in [0, 0.05) is 22.8 Å². The van der Waals surface area contributed by atoms with Crippen LogP contribution >= 0.6 is 0 Å². The van der Waals surface area contributed by atoms with Crippen molar-refractivity contribution in [3.63, 3.8) is 0 Å². The molecule has 0 aromatic heterocycles. The van der Waals surface area contributed by atoms with E-state index in [0.29, 0.717) is 17.9 Å². The molecule has 3 rings (SSSR count). The zero-order chi connectivity index (χ0) is 20.7. The Kier molecular flexibility index (Phi) is 6.50. The Bertz CT molecular complexity index is 991. The highest BCUT2D eigenvalue weighted by atomic mass is 16.5. The number of benzene rings is 3. The van der Waals surface area contributed by atoms with Gasteiger partial charge in [-0.1, -0.05) is 74.5 Å². The van der Waals surface area contributed by atoms with Gasteiger partial charge in [0.15, 0.2) is 0 Å². The van der Waals surface area contributed by atoms with Gasteiger partial charge in [-0.3, -0.25) is 4.99 Å². The Morgan fingerprint density at radius 2 is 1.69 bits per heavy atom. The fraction of sp³-hybridized carbons (Fsp3) is 0.192. The third-order valence-electron chi connectivity index (χ3n) is 5.02. The summed E-state index contributed by atoms with van der Waals surface area (Å²) in [5.74, 6) is 0.959. The van der Waals surface area contributed by atoms with Gasteiger partial charge >= 0.3 is 0 Å². The second kappa shape index (κ2) is 9.24. The van der Waals surface area contributed by atoms with Crippen LogP contribution in [0.1, 0.15) is 37.0 Å². The van der Waals surface area contributed by atoms with Crippen LogP contribution in [0.4, 0.5) is 5.69 Å². The van der Waals surface area contributed by atoms with Crippen LogP contribution in [0.15, 0.2) is 90.4 Å². The smallest absolute Gasteiger partial charge is 0.144 e. The van der Waals surface area contributed by atoms with E-state index in [1.807, 2.05) is 66.7 Å². The van der Waals surface area contributed by atoms with Gasteiger partial charge in [0.2, 0.25) is 0 Å². The lowest BCUT2D eigenvalue weighted by Gasteiger charge is -2.27. The van der Waals surface area contributed by atoms with Crippen LogP contribution in [0.3, 0.4) is 0 Å². The number of hydrogen-bond acceptors (Lipinski definition) is 3. The summed E-state index contributed by atoms with van der Waals surface area (Å²) in [6.07, 6.45) is 4.29. The summed E-state index contributed by atoms with van der Waals surface area (Å²) < 4.78 is 5.78. The Morgan fingerprint density at radius 1 is 0.966 bits per heavy atom. The van der Waals surface area contributed by atoms with E-state index < -0.39 is 0 Å². The number of para-hydroxylation sites is 3. The van der Waals surface area contributed by atoms with Gasteiger partial charge in [0.1, 0.15) is 17.2 Å². The minimum absolute atomic E-state index is 0.246. The van der Waals surface area contributed by atoms with Gasteiger partial charge in [-0.15, -0.1) is 6.58 Å². The van der Waals surface area contributed by atoms with E-state index in [1.165, 1.54) is 0 Å². The van der Waals surface area contributed by atoms with Crippen LogP contribution in [-0.2, 0) is 5.41 Å². The standard InChI is InChI=1S/C26H27NO2/c1-4-5-18-29-24-17-10-9-16-23(24)27-19-20-12-11-15-22(25(20)28)26(2,3)21-13-7-6-8-14-21/h4,6-17,19,28H,1,5,18H2,2-3H3. The number of nitrogens with zero attached hydrogens (tertiary/aromatic N) is 1. The molecular formula is C26H27NO2. The molecule has 3 nitrogen and oxygen atoms in total. The largest absolute Gasteiger partial charge is 0.507 e. The molecule has 0 aliphatic carbocycles. The molecule has 0 spiro atoms.